The lowest BCUT2D eigenvalue weighted by Crippen LogP contribution is -2.41. The van der Waals surface area contributed by atoms with Crippen molar-refractivity contribution in [3.8, 4) is 5.75 Å². The highest BCUT2D eigenvalue weighted by atomic mass is 16.5. The second-order valence-electron chi connectivity index (χ2n) is 6.61. The van der Waals surface area contributed by atoms with Gasteiger partial charge in [-0.2, -0.15) is 0 Å². The molecule has 1 atom stereocenters. The van der Waals surface area contributed by atoms with Gasteiger partial charge in [-0.3, -0.25) is 9.59 Å². The molecular weight excluding hydrogens is 360 g/mol. The van der Waals surface area contributed by atoms with Gasteiger partial charge in [0.25, 0.3) is 5.91 Å². The van der Waals surface area contributed by atoms with Crippen LogP contribution >= 0.6 is 0 Å². The standard InChI is InChI=1S/C20H24N4O4/c1-14-12-24(7-8-27-14)18-6-5-15(10-22-18)11-23-19(25)13-28-17-4-2-3-16(9-17)20(21)26/h2-6,9-10,14H,7-8,11-13H2,1H3,(H2,21,26)(H,23,25). The van der Waals surface area contributed by atoms with E-state index in [-0.39, 0.29) is 18.6 Å². The number of anilines is 1. The van der Waals surface area contributed by atoms with E-state index in [2.05, 4.69) is 15.2 Å². The van der Waals surface area contributed by atoms with Crippen molar-refractivity contribution in [2.45, 2.75) is 19.6 Å². The quantitative estimate of drug-likeness (QED) is 0.740. The van der Waals surface area contributed by atoms with Crippen molar-refractivity contribution in [3.63, 3.8) is 0 Å². The van der Waals surface area contributed by atoms with E-state index in [9.17, 15) is 9.59 Å². The van der Waals surface area contributed by atoms with Gasteiger partial charge in [-0.25, -0.2) is 4.98 Å². The summed E-state index contributed by atoms with van der Waals surface area (Å²) in [4.78, 5) is 29.8. The van der Waals surface area contributed by atoms with Crippen molar-refractivity contribution in [1.82, 2.24) is 10.3 Å². The molecule has 0 bridgehead atoms. The smallest absolute Gasteiger partial charge is 0.258 e. The molecule has 1 saturated heterocycles. The molecule has 1 aromatic heterocycles. The lowest BCUT2D eigenvalue weighted by Gasteiger charge is -2.32. The first-order valence-corrected chi connectivity index (χ1v) is 9.12. The van der Waals surface area contributed by atoms with E-state index in [4.69, 9.17) is 15.2 Å². The maximum absolute atomic E-state index is 12.0. The topological polar surface area (TPSA) is 107 Å². The fourth-order valence-corrected chi connectivity index (χ4v) is 2.87. The van der Waals surface area contributed by atoms with Crippen molar-refractivity contribution in [2.24, 2.45) is 5.73 Å². The highest BCUT2D eigenvalue weighted by Gasteiger charge is 2.17. The second kappa shape index (κ2) is 9.18. The SMILES string of the molecule is CC1CN(c2ccc(CNC(=O)COc3cccc(C(N)=O)c3)cn2)CCO1. The minimum atomic E-state index is -0.544. The van der Waals surface area contributed by atoms with Crippen LogP contribution in [0.4, 0.5) is 5.82 Å². The molecule has 2 amide bonds. The van der Waals surface area contributed by atoms with E-state index in [0.29, 0.717) is 24.5 Å². The van der Waals surface area contributed by atoms with Crippen LogP contribution in [0.5, 0.6) is 5.75 Å². The van der Waals surface area contributed by atoms with Gasteiger partial charge in [-0.1, -0.05) is 12.1 Å². The summed E-state index contributed by atoms with van der Waals surface area (Å²) in [6, 6.07) is 10.3. The number of aromatic nitrogens is 1. The van der Waals surface area contributed by atoms with Crippen molar-refractivity contribution >= 4 is 17.6 Å². The fraction of sp³-hybridized carbons (Fsp3) is 0.350. The summed E-state index contributed by atoms with van der Waals surface area (Å²) in [7, 11) is 0. The normalized spacial score (nSPS) is 16.5. The van der Waals surface area contributed by atoms with Gasteiger partial charge >= 0.3 is 0 Å². The molecular formula is C20H24N4O4. The number of morpholine rings is 1. The maximum Gasteiger partial charge on any atom is 0.258 e. The number of primary amides is 1. The molecule has 148 valence electrons. The number of nitrogens with two attached hydrogens (primary N) is 1. The van der Waals surface area contributed by atoms with Crippen LogP contribution < -0.4 is 20.7 Å². The van der Waals surface area contributed by atoms with E-state index in [1.807, 2.05) is 19.1 Å². The number of benzene rings is 1. The number of ether oxygens (including phenoxy) is 2. The molecule has 0 radical (unpaired) electrons. The summed E-state index contributed by atoms with van der Waals surface area (Å²) in [6.07, 6.45) is 1.95. The molecule has 1 aliphatic rings. The van der Waals surface area contributed by atoms with E-state index in [0.717, 1.165) is 24.5 Å². The zero-order valence-electron chi connectivity index (χ0n) is 15.8. The number of hydrogen-bond donors (Lipinski definition) is 2. The number of nitrogens with zero attached hydrogens (tertiary/aromatic N) is 2. The third kappa shape index (κ3) is 5.43. The van der Waals surface area contributed by atoms with Crippen LogP contribution in [-0.2, 0) is 16.1 Å². The molecule has 1 aliphatic heterocycles. The summed E-state index contributed by atoms with van der Waals surface area (Å²) < 4.78 is 10.9. The first kappa shape index (κ1) is 19.6. The first-order chi connectivity index (χ1) is 13.5. The molecule has 0 spiro atoms. The zero-order chi connectivity index (χ0) is 19.9. The van der Waals surface area contributed by atoms with Crippen LogP contribution in [0.3, 0.4) is 0 Å². The minimum Gasteiger partial charge on any atom is -0.484 e. The first-order valence-electron chi connectivity index (χ1n) is 9.12. The van der Waals surface area contributed by atoms with Crippen LogP contribution in [-0.4, -0.2) is 49.2 Å². The van der Waals surface area contributed by atoms with Gasteiger partial charge in [0.15, 0.2) is 6.61 Å². The number of nitrogens with one attached hydrogen (secondary N) is 1. The van der Waals surface area contributed by atoms with Gasteiger partial charge in [0.2, 0.25) is 5.91 Å². The third-order valence-corrected chi connectivity index (χ3v) is 4.35. The largest absolute Gasteiger partial charge is 0.484 e. The predicted octanol–water partition coefficient (Wildman–Crippen LogP) is 1.10. The monoisotopic (exact) mass is 384 g/mol. The van der Waals surface area contributed by atoms with Gasteiger partial charge in [0, 0.05) is 31.4 Å². The number of hydrogen-bond acceptors (Lipinski definition) is 6. The van der Waals surface area contributed by atoms with Crippen molar-refractivity contribution in [1.29, 1.82) is 0 Å². The molecule has 1 aromatic carbocycles. The Morgan fingerprint density at radius 3 is 2.93 bits per heavy atom. The predicted molar refractivity (Wildman–Crippen MR) is 104 cm³/mol. The molecule has 1 unspecified atom stereocenters. The van der Waals surface area contributed by atoms with Crippen LogP contribution in [0.1, 0.15) is 22.8 Å². The summed E-state index contributed by atoms with van der Waals surface area (Å²) in [5.74, 6) is 0.507. The van der Waals surface area contributed by atoms with Gasteiger partial charge in [0.05, 0.1) is 12.7 Å². The van der Waals surface area contributed by atoms with Crippen LogP contribution in [0.25, 0.3) is 0 Å². The number of rotatable bonds is 7. The third-order valence-electron chi connectivity index (χ3n) is 4.35. The molecule has 28 heavy (non-hydrogen) atoms. The Labute approximate surface area is 163 Å². The van der Waals surface area contributed by atoms with Gasteiger partial charge in [0.1, 0.15) is 11.6 Å². The lowest BCUT2D eigenvalue weighted by atomic mass is 10.2. The van der Waals surface area contributed by atoms with Crippen molar-refractivity contribution in [2.75, 3.05) is 31.2 Å². The van der Waals surface area contributed by atoms with E-state index in [1.165, 1.54) is 6.07 Å². The van der Waals surface area contributed by atoms with E-state index >= 15 is 0 Å². The molecule has 1 fully saturated rings. The maximum atomic E-state index is 12.0. The minimum absolute atomic E-state index is 0.153. The molecule has 3 N–H and O–H groups in total. The molecule has 3 rings (SSSR count). The Hall–Kier alpha value is -3.13. The number of carbonyl (C=O) groups excluding carboxylic acids is 2. The van der Waals surface area contributed by atoms with Crippen LogP contribution in [0, 0.1) is 0 Å². The van der Waals surface area contributed by atoms with Gasteiger partial charge in [-0.05, 0) is 36.8 Å². The molecule has 0 saturated carbocycles. The Morgan fingerprint density at radius 1 is 1.36 bits per heavy atom. The molecule has 8 nitrogen and oxygen atoms in total. The molecule has 8 heteroatoms. The zero-order valence-corrected chi connectivity index (χ0v) is 15.8. The van der Waals surface area contributed by atoms with E-state index in [1.54, 1.807) is 24.4 Å². The second-order valence-corrected chi connectivity index (χ2v) is 6.61. The van der Waals surface area contributed by atoms with Crippen molar-refractivity contribution < 1.29 is 19.1 Å². The van der Waals surface area contributed by atoms with Crippen molar-refractivity contribution in [3.05, 3.63) is 53.7 Å². The average Bonchev–Trinajstić information content (AvgIpc) is 2.71. The highest BCUT2D eigenvalue weighted by molar-refractivity contribution is 5.93. The summed E-state index contributed by atoms with van der Waals surface area (Å²) in [5.41, 5.74) is 6.46. The fourth-order valence-electron chi connectivity index (χ4n) is 2.87. The highest BCUT2D eigenvalue weighted by Crippen LogP contribution is 2.15. The lowest BCUT2D eigenvalue weighted by molar-refractivity contribution is -0.123. The average molecular weight is 384 g/mol. The number of pyridine rings is 1. The van der Waals surface area contributed by atoms with Gasteiger partial charge in [-0.15, -0.1) is 0 Å². The summed E-state index contributed by atoms with van der Waals surface area (Å²) in [6.45, 7) is 4.58. The molecule has 2 aromatic rings. The molecule has 2 heterocycles. The Bertz CT molecular complexity index is 825. The van der Waals surface area contributed by atoms with Gasteiger partial charge < -0.3 is 25.4 Å². The van der Waals surface area contributed by atoms with Crippen LogP contribution in [0.15, 0.2) is 42.6 Å². The number of carbonyl (C=O) groups is 2. The Kier molecular flexibility index (Phi) is 6.44. The Balaban J connectivity index is 1.45. The van der Waals surface area contributed by atoms with Crippen LogP contribution in [0.2, 0.25) is 0 Å². The van der Waals surface area contributed by atoms with E-state index < -0.39 is 5.91 Å². The number of amides is 2. The summed E-state index contributed by atoms with van der Waals surface area (Å²) in [5, 5.41) is 2.78. The molecule has 0 aliphatic carbocycles. The Morgan fingerprint density at radius 2 is 2.21 bits per heavy atom. The summed E-state index contributed by atoms with van der Waals surface area (Å²) >= 11 is 0.